The Bertz CT molecular complexity index is 1100. The van der Waals surface area contributed by atoms with Crippen LogP contribution >= 0.6 is 0 Å². The Morgan fingerprint density at radius 2 is 1.60 bits per heavy atom. The van der Waals surface area contributed by atoms with Crippen LogP contribution in [0.15, 0.2) is 45.8 Å². The van der Waals surface area contributed by atoms with Gasteiger partial charge < -0.3 is 18.9 Å². The van der Waals surface area contributed by atoms with Crippen molar-refractivity contribution in [1.29, 1.82) is 0 Å². The van der Waals surface area contributed by atoms with Crippen LogP contribution in [0, 0.1) is 11.8 Å². The molecule has 0 aromatic rings. The van der Waals surface area contributed by atoms with Gasteiger partial charge in [0.05, 0.1) is 42.3 Å². The standard InChI is InChI=1S/C26H28O9/c1-3-5-6-10-15-19-20-14(9-4-2)18(22(19)34-23(15)28)21-16(24(29)35-26(21)31)13-17(27)32-11-7-8-12-33-25(20)30/h6,10,14,20H,3-5,7-9,11-13H2,1-2H3/b10-6+. The van der Waals surface area contributed by atoms with Crippen molar-refractivity contribution in [2.24, 2.45) is 11.8 Å². The van der Waals surface area contributed by atoms with E-state index in [0.29, 0.717) is 31.3 Å². The first-order chi connectivity index (χ1) is 16.9. The average Bonchev–Trinajstić information content (AvgIpc) is 3.38. The summed E-state index contributed by atoms with van der Waals surface area (Å²) < 4.78 is 21.2. The zero-order chi connectivity index (χ0) is 25.1. The predicted molar refractivity (Wildman–Crippen MR) is 120 cm³/mol. The molecule has 0 saturated carbocycles. The van der Waals surface area contributed by atoms with Crippen molar-refractivity contribution in [3.05, 3.63) is 45.8 Å². The van der Waals surface area contributed by atoms with Crippen molar-refractivity contribution in [2.75, 3.05) is 13.2 Å². The maximum Gasteiger partial charge on any atom is 0.347 e. The average molecular weight is 485 g/mol. The van der Waals surface area contributed by atoms with E-state index >= 15 is 0 Å². The first-order valence-electron chi connectivity index (χ1n) is 12.1. The van der Waals surface area contributed by atoms with Gasteiger partial charge in [-0.2, -0.15) is 0 Å². The van der Waals surface area contributed by atoms with Crippen LogP contribution in [0.3, 0.4) is 0 Å². The molecule has 0 N–H and O–H groups in total. The van der Waals surface area contributed by atoms with E-state index in [0.717, 1.165) is 12.8 Å². The lowest BCUT2D eigenvalue weighted by molar-refractivity contribution is -0.152. The normalized spacial score (nSPS) is 25.5. The summed E-state index contributed by atoms with van der Waals surface area (Å²) in [4.78, 5) is 64.1. The van der Waals surface area contributed by atoms with Gasteiger partial charge in [-0.1, -0.05) is 38.8 Å². The molecule has 2 unspecified atom stereocenters. The number of hydrogen-bond donors (Lipinski definition) is 0. The molecule has 3 aliphatic heterocycles. The highest BCUT2D eigenvalue weighted by molar-refractivity contribution is 6.17. The monoisotopic (exact) mass is 484 g/mol. The van der Waals surface area contributed by atoms with Gasteiger partial charge in [-0.3, -0.25) is 9.59 Å². The topological polar surface area (TPSA) is 122 Å². The highest BCUT2D eigenvalue weighted by Crippen LogP contribution is 2.53. The summed E-state index contributed by atoms with van der Waals surface area (Å²) in [6, 6.07) is 0. The van der Waals surface area contributed by atoms with Gasteiger partial charge in [-0.05, 0) is 25.7 Å². The van der Waals surface area contributed by atoms with Crippen LogP contribution in [0.25, 0.3) is 0 Å². The fourth-order valence-electron chi connectivity index (χ4n) is 4.91. The summed E-state index contributed by atoms with van der Waals surface area (Å²) in [7, 11) is 0. The highest BCUT2D eigenvalue weighted by Gasteiger charge is 2.54. The molecule has 0 aromatic heterocycles. The molecule has 3 heterocycles. The van der Waals surface area contributed by atoms with E-state index < -0.39 is 48.1 Å². The molecule has 0 amide bonds. The lowest BCUT2D eigenvalue weighted by Gasteiger charge is -2.22. The van der Waals surface area contributed by atoms with Gasteiger partial charge in [0.15, 0.2) is 0 Å². The van der Waals surface area contributed by atoms with Crippen molar-refractivity contribution >= 4 is 29.8 Å². The summed E-state index contributed by atoms with van der Waals surface area (Å²) >= 11 is 0. The fourth-order valence-corrected chi connectivity index (χ4v) is 4.91. The van der Waals surface area contributed by atoms with Crippen LogP contribution in [0.1, 0.15) is 58.8 Å². The number of rotatable bonds is 5. The minimum atomic E-state index is -0.943. The molecule has 2 bridgehead atoms. The summed E-state index contributed by atoms with van der Waals surface area (Å²) in [6.45, 7) is 4.13. The number of unbranched alkanes of at least 4 members (excludes halogenated alkanes) is 1. The number of hydrogen-bond acceptors (Lipinski definition) is 9. The molecule has 0 aromatic carbocycles. The Balaban J connectivity index is 1.96. The molecule has 9 heteroatoms. The lowest BCUT2D eigenvalue weighted by Crippen LogP contribution is -2.27. The van der Waals surface area contributed by atoms with Crippen LogP contribution in [-0.2, 0) is 42.9 Å². The second-order valence-electron chi connectivity index (χ2n) is 8.83. The molecular formula is C26H28O9. The van der Waals surface area contributed by atoms with E-state index in [-0.39, 0.29) is 41.3 Å². The van der Waals surface area contributed by atoms with Crippen molar-refractivity contribution in [1.82, 2.24) is 0 Å². The van der Waals surface area contributed by atoms with Crippen molar-refractivity contribution in [3.63, 3.8) is 0 Å². The fraction of sp³-hybridized carbons (Fsp3) is 0.500. The molecule has 0 spiro atoms. The minimum absolute atomic E-state index is 0.0777. The highest BCUT2D eigenvalue weighted by atomic mass is 16.6. The van der Waals surface area contributed by atoms with Crippen molar-refractivity contribution in [3.8, 4) is 0 Å². The number of allylic oxidation sites excluding steroid dienone is 2. The second-order valence-corrected chi connectivity index (χ2v) is 8.83. The largest absolute Gasteiger partial charge is 0.465 e. The Labute approximate surface area is 202 Å². The SMILES string of the molecule is CCC/C=C/C1=C2C(=C3C4=C(CC(=O)OCCCCOC(=O)C2C3CCC)C(=O)OC4=O)OC1=O. The third-order valence-electron chi connectivity index (χ3n) is 6.45. The molecule has 0 fully saturated rings. The quantitative estimate of drug-likeness (QED) is 0.329. The predicted octanol–water partition coefficient (Wildman–Crippen LogP) is 3.15. The van der Waals surface area contributed by atoms with Crippen LogP contribution in [0.5, 0.6) is 0 Å². The number of esters is 5. The maximum absolute atomic E-state index is 13.4. The van der Waals surface area contributed by atoms with E-state index in [9.17, 15) is 24.0 Å². The molecule has 0 saturated heterocycles. The molecule has 4 aliphatic rings. The minimum Gasteiger partial charge on any atom is -0.465 e. The van der Waals surface area contributed by atoms with Crippen LogP contribution in [0.2, 0.25) is 0 Å². The number of carbonyl (C=O) groups excluding carboxylic acids is 5. The van der Waals surface area contributed by atoms with Crippen LogP contribution in [-0.4, -0.2) is 43.1 Å². The van der Waals surface area contributed by atoms with E-state index in [1.165, 1.54) is 0 Å². The third kappa shape index (κ3) is 4.59. The van der Waals surface area contributed by atoms with Gasteiger partial charge in [0.2, 0.25) is 0 Å². The number of ether oxygens (including phenoxy) is 4. The molecule has 4 rings (SSSR count). The summed E-state index contributed by atoms with van der Waals surface area (Å²) in [5.74, 6) is -5.13. The molecule has 0 radical (unpaired) electrons. The van der Waals surface area contributed by atoms with Gasteiger partial charge in [0.25, 0.3) is 0 Å². The number of fused-ring (bicyclic) bond motifs is 5. The molecular weight excluding hydrogens is 456 g/mol. The first kappa shape index (κ1) is 24.6. The lowest BCUT2D eigenvalue weighted by atomic mass is 9.81. The number of carbonyl (C=O) groups is 5. The Morgan fingerprint density at radius 1 is 0.857 bits per heavy atom. The summed E-state index contributed by atoms with van der Waals surface area (Å²) in [5, 5.41) is 0. The van der Waals surface area contributed by atoms with Gasteiger partial charge in [0.1, 0.15) is 5.76 Å². The van der Waals surface area contributed by atoms with Crippen LogP contribution in [0.4, 0.5) is 0 Å². The van der Waals surface area contributed by atoms with Crippen molar-refractivity contribution in [2.45, 2.75) is 58.8 Å². The van der Waals surface area contributed by atoms with Crippen LogP contribution < -0.4 is 0 Å². The summed E-state index contributed by atoms with van der Waals surface area (Å²) in [5.41, 5.74) is 0.552. The summed E-state index contributed by atoms with van der Waals surface area (Å²) in [6.07, 6.45) is 6.63. The molecule has 2 atom stereocenters. The molecule has 35 heavy (non-hydrogen) atoms. The number of cyclic esters (lactones) is 4. The Morgan fingerprint density at radius 3 is 2.31 bits per heavy atom. The maximum atomic E-state index is 13.4. The van der Waals surface area contributed by atoms with Gasteiger partial charge in [-0.25, -0.2) is 14.4 Å². The van der Waals surface area contributed by atoms with E-state index in [4.69, 9.17) is 18.9 Å². The van der Waals surface area contributed by atoms with Gasteiger partial charge >= 0.3 is 29.8 Å². The zero-order valence-electron chi connectivity index (χ0n) is 19.8. The van der Waals surface area contributed by atoms with E-state index in [1.54, 1.807) is 6.08 Å². The molecule has 186 valence electrons. The zero-order valence-corrected chi connectivity index (χ0v) is 19.8. The smallest absolute Gasteiger partial charge is 0.347 e. The van der Waals surface area contributed by atoms with Gasteiger partial charge in [0, 0.05) is 17.1 Å². The molecule has 9 nitrogen and oxygen atoms in total. The van der Waals surface area contributed by atoms with E-state index in [1.807, 2.05) is 19.9 Å². The van der Waals surface area contributed by atoms with Crippen molar-refractivity contribution < 1.29 is 42.9 Å². The molecule has 1 aliphatic carbocycles. The Hall–Kier alpha value is -3.49. The third-order valence-corrected chi connectivity index (χ3v) is 6.45. The Kier molecular flexibility index (Phi) is 7.33. The van der Waals surface area contributed by atoms with E-state index in [2.05, 4.69) is 0 Å². The van der Waals surface area contributed by atoms with Gasteiger partial charge in [-0.15, -0.1) is 0 Å². The second kappa shape index (κ2) is 10.4. The first-order valence-corrected chi connectivity index (χ1v) is 12.1.